The van der Waals surface area contributed by atoms with E-state index in [4.69, 9.17) is 11.6 Å². The standard InChI is InChI=1S/C13H15ClFN3/c1-9(2)16-8-11-5-6-18(17-11)13-4-3-10(15)7-12(13)14/h3-7,9,16H,8H2,1-2H3. The Morgan fingerprint density at radius 2 is 2.17 bits per heavy atom. The van der Waals surface area contributed by atoms with Gasteiger partial charge < -0.3 is 5.32 Å². The summed E-state index contributed by atoms with van der Waals surface area (Å²) >= 11 is 5.98. The largest absolute Gasteiger partial charge is 0.309 e. The highest BCUT2D eigenvalue weighted by Gasteiger charge is 2.06. The van der Waals surface area contributed by atoms with Crippen molar-refractivity contribution in [1.82, 2.24) is 15.1 Å². The third-order valence-corrected chi connectivity index (χ3v) is 2.80. The number of nitrogens with zero attached hydrogens (tertiary/aromatic N) is 2. The molecule has 0 amide bonds. The van der Waals surface area contributed by atoms with Gasteiger partial charge in [-0.3, -0.25) is 0 Å². The Balaban J connectivity index is 2.18. The van der Waals surface area contributed by atoms with Crippen LogP contribution in [0.4, 0.5) is 4.39 Å². The van der Waals surface area contributed by atoms with Gasteiger partial charge in [0.15, 0.2) is 0 Å². The monoisotopic (exact) mass is 267 g/mol. The lowest BCUT2D eigenvalue weighted by molar-refractivity contribution is 0.578. The van der Waals surface area contributed by atoms with Crippen molar-refractivity contribution >= 4 is 11.6 Å². The second-order valence-electron chi connectivity index (χ2n) is 4.38. The zero-order valence-corrected chi connectivity index (χ0v) is 11.1. The van der Waals surface area contributed by atoms with Crippen LogP contribution in [0.5, 0.6) is 0 Å². The van der Waals surface area contributed by atoms with E-state index < -0.39 is 0 Å². The highest BCUT2D eigenvalue weighted by atomic mass is 35.5. The Labute approximate surface area is 111 Å². The number of hydrogen-bond acceptors (Lipinski definition) is 2. The molecule has 0 unspecified atom stereocenters. The summed E-state index contributed by atoms with van der Waals surface area (Å²) in [7, 11) is 0. The quantitative estimate of drug-likeness (QED) is 0.922. The van der Waals surface area contributed by atoms with Crippen LogP contribution in [0.3, 0.4) is 0 Å². The molecular weight excluding hydrogens is 253 g/mol. The topological polar surface area (TPSA) is 29.9 Å². The van der Waals surface area contributed by atoms with Crippen molar-refractivity contribution in [1.29, 1.82) is 0 Å². The molecule has 96 valence electrons. The Kier molecular flexibility index (Phi) is 3.99. The van der Waals surface area contributed by atoms with Gasteiger partial charge in [-0.2, -0.15) is 5.10 Å². The van der Waals surface area contributed by atoms with Gasteiger partial charge >= 0.3 is 0 Å². The van der Waals surface area contributed by atoms with Crippen molar-refractivity contribution in [2.24, 2.45) is 0 Å². The molecule has 0 aliphatic heterocycles. The van der Waals surface area contributed by atoms with Crippen LogP contribution in [-0.2, 0) is 6.54 Å². The molecule has 0 saturated heterocycles. The van der Waals surface area contributed by atoms with Gasteiger partial charge in [-0.05, 0) is 24.3 Å². The van der Waals surface area contributed by atoms with Crippen molar-refractivity contribution in [3.8, 4) is 5.69 Å². The Hall–Kier alpha value is -1.39. The lowest BCUT2D eigenvalue weighted by atomic mass is 10.3. The summed E-state index contributed by atoms with van der Waals surface area (Å²) in [5.74, 6) is -0.349. The number of halogens is 2. The molecule has 0 radical (unpaired) electrons. The number of rotatable bonds is 4. The van der Waals surface area contributed by atoms with E-state index >= 15 is 0 Å². The fraction of sp³-hybridized carbons (Fsp3) is 0.308. The molecule has 2 rings (SSSR count). The molecule has 1 heterocycles. The van der Waals surface area contributed by atoms with Crippen molar-refractivity contribution in [2.75, 3.05) is 0 Å². The molecule has 1 aromatic heterocycles. The summed E-state index contributed by atoms with van der Waals surface area (Å²) in [6.45, 7) is 4.85. The molecule has 2 aromatic rings. The molecular formula is C13H15ClFN3. The maximum absolute atomic E-state index is 13.0. The summed E-state index contributed by atoms with van der Waals surface area (Å²) in [5.41, 5.74) is 1.60. The lowest BCUT2D eigenvalue weighted by Crippen LogP contribution is -2.22. The first-order valence-corrected chi connectivity index (χ1v) is 6.17. The SMILES string of the molecule is CC(C)NCc1ccn(-c2ccc(F)cc2Cl)n1. The zero-order valence-electron chi connectivity index (χ0n) is 10.3. The molecule has 3 nitrogen and oxygen atoms in total. The van der Waals surface area contributed by atoms with Crippen molar-refractivity contribution in [3.63, 3.8) is 0 Å². The van der Waals surface area contributed by atoms with Crippen molar-refractivity contribution in [3.05, 3.63) is 47.0 Å². The molecule has 5 heteroatoms. The summed E-state index contributed by atoms with van der Waals surface area (Å²) in [4.78, 5) is 0. The highest BCUT2D eigenvalue weighted by molar-refractivity contribution is 6.32. The van der Waals surface area contributed by atoms with E-state index in [0.29, 0.717) is 23.3 Å². The van der Waals surface area contributed by atoms with Gasteiger partial charge in [-0.15, -0.1) is 0 Å². The zero-order chi connectivity index (χ0) is 13.1. The average molecular weight is 268 g/mol. The Morgan fingerprint density at radius 1 is 1.39 bits per heavy atom. The van der Waals surface area contributed by atoms with Crippen molar-refractivity contribution < 1.29 is 4.39 Å². The van der Waals surface area contributed by atoms with Gasteiger partial charge in [-0.1, -0.05) is 25.4 Å². The number of nitrogens with one attached hydrogen (secondary N) is 1. The molecule has 0 fully saturated rings. The van der Waals surface area contributed by atoms with Crippen LogP contribution >= 0.6 is 11.6 Å². The Bertz CT molecular complexity index is 537. The van der Waals surface area contributed by atoms with Gasteiger partial charge in [0.1, 0.15) is 5.82 Å². The minimum atomic E-state index is -0.349. The molecule has 0 spiro atoms. The van der Waals surface area contributed by atoms with Crippen molar-refractivity contribution in [2.45, 2.75) is 26.4 Å². The average Bonchev–Trinajstić information content (AvgIpc) is 2.75. The smallest absolute Gasteiger partial charge is 0.124 e. The molecule has 18 heavy (non-hydrogen) atoms. The van der Waals surface area contributed by atoms with E-state index in [2.05, 4.69) is 24.3 Å². The fourth-order valence-electron chi connectivity index (χ4n) is 1.57. The predicted molar refractivity (Wildman–Crippen MR) is 70.5 cm³/mol. The second-order valence-corrected chi connectivity index (χ2v) is 4.79. The van der Waals surface area contributed by atoms with E-state index in [1.807, 2.05) is 12.3 Å². The summed E-state index contributed by atoms with van der Waals surface area (Å²) in [5, 5.41) is 8.02. The first kappa shape index (κ1) is 13.1. The van der Waals surface area contributed by atoms with Crippen LogP contribution in [0.15, 0.2) is 30.5 Å². The predicted octanol–water partition coefficient (Wildman–Crippen LogP) is 3.16. The normalized spacial score (nSPS) is 11.2. The Morgan fingerprint density at radius 3 is 2.83 bits per heavy atom. The summed E-state index contributed by atoms with van der Waals surface area (Å²) < 4.78 is 14.6. The van der Waals surface area contributed by atoms with E-state index in [1.54, 1.807) is 10.7 Å². The summed E-state index contributed by atoms with van der Waals surface area (Å²) in [6.07, 6.45) is 1.82. The van der Waals surface area contributed by atoms with Crippen LogP contribution in [0.2, 0.25) is 5.02 Å². The summed E-state index contributed by atoms with van der Waals surface area (Å²) in [6, 6.07) is 6.59. The third kappa shape index (κ3) is 3.09. The molecule has 1 aromatic carbocycles. The van der Waals surface area contributed by atoms with Gasteiger partial charge in [-0.25, -0.2) is 9.07 Å². The minimum absolute atomic E-state index is 0.349. The number of benzene rings is 1. The van der Waals surface area contributed by atoms with Gasteiger partial charge in [0.25, 0.3) is 0 Å². The highest BCUT2D eigenvalue weighted by Crippen LogP contribution is 2.20. The molecule has 0 aliphatic rings. The molecule has 0 bridgehead atoms. The van der Waals surface area contributed by atoms with Gasteiger partial charge in [0.2, 0.25) is 0 Å². The minimum Gasteiger partial charge on any atom is -0.309 e. The molecule has 0 atom stereocenters. The third-order valence-electron chi connectivity index (χ3n) is 2.49. The fourth-order valence-corrected chi connectivity index (χ4v) is 1.82. The maximum Gasteiger partial charge on any atom is 0.124 e. The number of hydrogen-bond donors (Lipinski definition) is 1. The van der Waals surface area contributed by atoms with Crippen LogP contribution in [0.25, 0.3) is 5.69 Å². The van der Waals surface area contributed by atoms with E-state index in [9.17, 15) is 4.39 Å². The maximum atomic E-state index is 13.0. The molecule has 0 saturated carbocycles. The molecule has 0 aliphatic carbocycles. The van der Waals surface area contributed by atoms with Crippen LogP contribution in [0, 0.1) is 5.82 Å². The van der Waals surface area contributed by atoms with Gasteiger partial charge in [0.05, 0.1) is 16.4 Å². The van der Waals surface area contributed by atoms with Crippen LogP contribution < -0.4 is 5.32 Å². The second kappa shape index (κ2) is 5.50. The first-order chi connectivity index (χ1) is 8.56. The van der Waals surface area contributed by atoms with E-state index in [1.165, 1.54) is 12.1 Å². The lowest BCUT2D eigenvalue weighted by Gasteiger charge is -2.06. The van der Waals surface area contributed by atoms with E-state index in [0.717, 1.165) is 5.69 Å². The van der Waals surface area contributed by atoms with E-state index in [-0.39, 0.29) is 5.82 Å². The first-order valence-electron chi connectivity index (χ1n) is 5.79. The van der Waals surface area contributed by atoms with Crippen LogP contribution in [-0.4, -0.2) is 15.8 Å². The number of aromatic nitrogens is 2. The van der Waals surface area contributed by atoms with Gasteiger partial charge in [0, 0.05) is 18.8 Å². The molecule has 1 N–H and O–H groups in total. The van der Waals surface area contributed by atoms with Crippen LogP contribution in [0.1, 0.15) is 19.5 Å².